The Balaban J connectivity index is 1.62. The molecule has 0 saturated carbocycles. The molecule has 5 heteroatoms. The maximum Gasteiger partial charge on any atom is 0.127 e. The SMILES string of the molecule is Cc1ccc(SCC(O)(CF)c2ccc3c(cnn3-c3ccccc3)c2)cc1. The van der Waals surface area contributed by atoms with Crippen molar-refractivity contribution >= 4 is 22.7 Å². The van der Waals surface area contributed by atoms with E-state index in [1.54, 1.807) is 12.3 Å². The summed E-state index contributed by atoms with van der Waals surface area (Å²) in [7, 11) is 0. The van der Waals surface area contributed by atoms with E-state index >= 15 is 0 Å². The molecule has 0 aliphatic carbocycles. The molecule has 0 aliphatic heterocycles. The van der Waals surface area contributed by atoms with Crippen LogP contribution in [0.1, 0.15) is 11.1 Å². The van der Waals surface area contributed by atoms with Crippen molar-refractivity contribution in [2.24, 2.45) is 0 Å². The van der Waals surface area contributed by atoms with Gasteiger partial charge in [0.25, 0.3) is 0 Å². The van der Waals surface area contributed by atoms with Crippen LogP contribution in [0, 0.1) is 6.92 Å². The van der Waals surface area contributed by atoms with Gasteiger partial charge < -0.3 is 5.11 Å². The summed E-state index contributed by atoms with van der Waals surface area (Å²) in [4.78, 5) is 1.01. The second-order valence-electron chi connectivity index (χ2n) is 6.93. The van der Waals surface area contributed by atoms with Crippen LogP contribution in [0.2, 0.25) is 0 Å². The molecule has 1 aromatic heterocycles. The number of rotatable bonds is 6. The van der Waals surface area contributed by atoms with Gasteiger partial charge in [-0.05, 0) is 48.9 Å². The first kappa shape index (κ1) is 18.7. The molecule has 0 amide bonds. The Bertz CT molecular complexity index is 1080. The molecule has 0 bridgehead atoms. The normalized spacial score (nSPS) is 13.5. The van der Waals surface area contributed by atoms with Gasteiger partial charge in [-0.15, -0.1) is 11.8 Å². The minimum Gasteiger partial charge on any atom is -0.382 e. The van der Waals surface area contributed by atoms with Gasteiger partial charge in [0.15, 0.2) is 0 Å². The van der Waals surface area contributed by atoms with E-state index in [-0.39, 0.29) is 5.75 Å². The van der Waals surface area contributed by atoms with E-state index < -0.39 is 12.3 Å². The van der Waals surface area contributed by atoms with Crippen LogP contribution < -0.4 is 0 Å². The fourth-order valence-corrected chi connectivity index (χ4v) is 4.11. The van der Waals surface area contributed by atoms with Crippen molar-refractivity contribution in [1.82, 2.24) is 9.78 Å². The van der Waals surface area contributed by atoms with Crippen molar-refractivity contribution in [1.29, 1.82) is 0 Å². The third kappa shape index (κ3) is 3.68. The molecule has 3 aromatic carbocycles. The van der Waals surface area contributed by atoms with Crippen LogP contribution in [0.4, 0.5) is 4.39 Å². The molecule has 28 heavy (non-hydrogen) atoms. The van der Waals surface area contributed by atoms with Crippen LogP contribution in [0.25, 0.3) is 16.6 Å². The number of thioether (sulfide) groups is 1. The number of aromatic nitrogens is 2. The van der Waals surface area contributed by atoms with Gasteiger partial charge in [-0.2, -0.15) is 5.10 Å². The van der Waals surface area contributed by atoms with E-state index in [4.69, 9.17) is 0 Å². The summed E-state index contributed by atoms with van der Waals surface area (Å²) < 4.78 is 15.7. The Hall–Kier alpha value is -2.63. The summed E-state index contributed by atoms with van der Waals surface area (Å²) in [6.07, 6.45) is 1.75. The number of aryl methyl sites for hydroxylation is 1. The smallest absolute Gasteiger partial charge is 0.127 e. The number of nitrogens with zero attached hydrogens (tertiary/aromatic N) is 2. The van der Waals surface area contributed by atoms with Crippen LogP contribution in [0.15, 0.2) is 83.9 Å². The molecule has 0 radical (unpaired) electrons. The fraction of sp³-hybridized carbons (Fsp3) is 0.174. The third-order valence-corrected chi connectivity index (χ3v) is 6.05. The average molecular weight is 392 g/mol. The Labute approximate surface area is 167 Å². The fourth-order valence-electron chi connectivity index (χ4n) is 3.13. The summed E-state index contributed by atoms with van der Waals surface area (Å²) in [5.41, 5.74) is 2.07. The van der Waals surface area contributed by atoms with Gasteiger partial charge in [0.05, 0.1) is 17.4 Å². The molecule has 1 unspecified atom stereocenters. The lowest BCUT2D eigenvalue weighted by Crippen LogP contribution is -2.31. The monoisotopic (exact) mass is 392 g/mol. The first-order chi connectivity index (χ1) is 13.6. The summed E-state index contributed by atoms with van der Waals surface area (Å²) in [5, 5.41) is 16.3. The zero-order valence-corrected chi connectivity index (χ0v) is 16.4. The van der Waals surface area contributed by atoms with E-state index in [1.165, 1.54) is 17.3 Å². The predicted octanol–water partition coefficient (Wildman–Crippen LogP) is 5.28. The zero-order chi connectivity index (χ0) is 19.6. The highest BCUT2D eigenvalue weighted by molar-refractivity contribution is 7.99. The largest absolute Gasteiger partial charge is 0.382 e. The van der Waals surface area contributed by atoms with E-state index in [9.17, 15) is 9.50 Å². The number of halogens is 1. The molecule has 4 aromatic rings. The predicted molar refractivity (Wildman–Crippen MR) is 113 cm³/mol. The summed E-state index contributed by atoms with van der Waals surface area (Å²) in [6.45, 7) is 1.18. The number of alkyl halides is 1. The van der Waals surface area contributed by atoms with Crippen molar-refractivity contribution in [2.75, 3.05) is 12.4 Å². The van der Waals surface area contributed by atoms with Gasteiger partial charge >= 0.3 is 0 Å². The number of hydrogen-bond donors (Lipinski definition) is 1. The van der Waals surface area contributed by atoms with Crippen molar-refractivity contribution in [2.45, 2.75) is 17.4 Å². The number of aliphatic hydroxyl groups is 1. The van der Waals surface area contributed by atoms with Crippen molar-refractivity contribution in [3.63, 3.8) is 0 Å². The summed E-state index contributed by atoms with van der Waals surface area (Å²) in [6, 6.07) is 23.4. The van der Waals surface area contributed by atoms with Gasteiger partial charge in [-0.1, -0.05) is 42.0 Å². The summed E-state index contributed by atoms with van der Waals surface area (Å²) in [5.74, 6) is 0.241. The molecule has 1 heterocycles. The summed E-state index contributed by atoms with van der Waals surface area (Å²) >= 11 is 1.45. The minimum atomic E-state index is -1.54. The maximum absolute atomic E-state index is 13.9. The molecule has 4 rings (SSSR count). The van der Waals surface area contributed by atoms with Crippen molar-refractivity contribution < 1.29 is 9.50 Å². The van der Waals surface area contributed by atoms with Crippen LogP contribution >= 0.6 is 11.8 Å². The topological polar surface area (TPSA) is 38.1 Å². The number of para-hydroxylation sites is 1. The van der Waals surface area contributed by atoms with Gasteiger partial charge in [-0.3, -0.25) is 0 Å². The lowest BCUT2D eigenvalue weighted by atomic mass is 9.96. The number of hydrogen-bond acceptors (Lipinski definition) is 3. The lowest BCUT2D eigenvalue weighted by molar-refractivity contribution is 0.0350. The average Bonchev–Trinajstić information content (AvgIpc) is 3.17. The molecule has 0 saturated heterocycles. The molecule has 0 fully saturated rings. The van der Waals surface area contributed by atoms with Crippen LogP contribution in [-0.4, -0.2) is 27.3 Å². The van der Waals surface area contributed by atoms with Gasteiger partial charge in [-0.25, -0.2) is 9.07 Å². The molecule has 1 N–H and O–H groups in total. The maximum atomic E-state index is 13.9. The standard InChI is InChI=1S/C23H21FN2OS/c1-17-7-10-21(11-8-17)28-16-23(27,15-24)19-9-12-22-18(13-19)14-25-26(22)20-5-3-2-4-6-20/h2-14,27H,15-16H2,1H3. The number of fused-ring (bicyclic) bond motifs is 1. The van der Waals surface area contributed by atoms with Crippen LogP contribution in [-0.2, 0) is 5.60 Å². The van der Waals surface area contributed by atoms with Crippen molar-refractivity contribution in [3.8, 4) is 5.69 Å². The van der Waals surface area contributed by atoms with Gasteiger partial charge in [0.1, 0.15) is 12.3 Å². The van der Waals surface area contributed by atoms with Crippen LogP contribution in [0.3, 0.4) is 0 Å². The highest BCUT2D eigenvalue weighted by Crippen LogP contribution is 2.32. The van der Waals surface area contributed by atoms with Gasteiger partial charge in [0, 0.05) is 16.0 Å². The Kier molecular flexibility index (Phi) is 5.20. The van der Waals surface area contributed by atoms with Gasteiger partial charge in [0.2, 0.25) is 0 Å². The third-order valence-electron chi connectivity index (χ3n) is 4.83. The lowest BCUT2D eigenvalue weighted by Gasteiger charge is -2.25. The molecule has 142 valence electrons. The van der Waals surface area contributed by atoms with Crippen molar-refractivity contribution in [3.05, 3.63) is 90.1 Å². The van der Waals surface area contributed by atoms with E-state index in [0.29, 0.717) is 5.56 Å². The second kappa shape index (κ2) is 7.78. The first-order valence-corrected chi connectivity index (χ1v) is 10.1. The number of benzene rings is 3. The first-order valence-electron chi connectivity index (χ1n) is 9.10. The zero-order valence-electron chi connectivity index (χ0n) is 15.5. The molecular weight excluding hydrogens is 371 g/mol. The van der Waals surface area contributed by atoms with E-state index in [2.05, 4.69) is 5.10 Å². The molecule has 1 atom stereocenters. The molecular formula is C23H21FN2OS. The Morgan fingerprint density at radius 2 is 1.79 bits per heavy atom. The molecule has 3 nitrogen and oxygen atoms in total. The van der Waals surface area contributed by atoms with E-state index in [1.807, 2.05) is 78.3 Å². The van der Waals surface area contributed by atoms with E-state index in [0.717, 1.165) is 21.5 Å². The molecule has 0 spiro atoms. The highest BCUT2D eigenvalue weighted by atomic mass is 32.2. The second-order valence-corrected chi connectivity index (χ2v) is 7.98. The Morgan fingerprint density at radius 1 is 1.04 bits per heavy atom. The highest BCUT2D eigenvalue weighted by Gasteiger charge is 2.30. The Morgan fingerprint density at radius 3 is 2.50 bits per heavy atom. The molecule has 0 aliphatic rings. The van der Waals surface area contributed by atoms with Crippen LogP contribution in [0.5, 0.6) is 0 Å². The minimum absolute atomic E-state index is 0.241. The quantitative estimate of drug-likeness (QED) is 0.454.